The molecule has 2 nitrogen and oxygen atoms in total. The largest absolute Gasteiger partial charge is 0.523 e. The van der Waals surface area contributed by atoms with Gasteiger partial charge in [0.1, 0.15) is 6.10 Å². The lowest BCUT2D eigenvalue weighted by atomic mass is 9.89. The molecule has 0 amide bonds. The predicted octanol–water partition coefficient (Wildman–Crippen LogP) is 3.44. The number of ether oxygens (including phenoxy) is 1. The highest BCUT2D eigenvalue weighted by Gasteiger charge is 2.37. The highest BCUT2D eigenvalue weighted by atomic mass is 35.5. The van der Waals surface area contributed by atoms with Crippen molar-refractivity contribution in [2.24, 2.45) is 5.92 Å². The average molecular weight is 272 g/mol. The zero-order chi connectivity index (χ0) is 12.3. The van der Waals surface area contributed by atoms with E-state index in [0.717, 1.165) is 5.37 Å². The van der Waals surface area contributed by atoms with E-state index in [4.69, 9.17) is 17.0 Å². The van der Waals surface area contributed by atoms with Gasteiger partial charge in [0.25, 0.3) is 0 Å². The monoisotopic (exact) mass is 271 g/mol. The van der Waals surface area contributed by atoms with Crippen LogP contribution < -0.4 is 0 Å². The molecule has 2 atom stereocenters. The van der Waals surface area contributed by atoms with E-state index in [2.05, 4.69) is 17.0 Å². The summed E-state index contributed by atoms with van der Waals surface area (Å²) in [6.07, 6.45) is -4.06. The Balaban J connectivity index is 2.71. The Morgan fingerprint density at radius 2 is 2.25 bits per heavy atom. The maximum atomic E-state index is 12.0. The smallest absolute Gasteiger partial charge is 0.304 e. The number of nitrogens with one attached hydrogen (secondary N) is 1. The minimum absolute atomic E-state index is 0.0286. The molecule has 1 aliphatic rings. The van der Waals surface area contributed by atoms with Crippen LogP contribution in [0.3, 0.4) is 0 Å². The standard InChI is InChI=1S/C9H9ClF3NOS/c10-6-2-1-5(7(14)4-16)3-8(6)15-9(11,12)13/h2,4-5,8,14H,1,3H2. The van der Waals surface area contributed by atoms with Crippen molar-refractivity contribution in [2.75, 3.05) is 0 Å². The lowest BCUT2D eigenvalue weighted by Gasteiger charge is -2.27. The van der Waals surface area contributed by atoms with Gasteiger partial charge in [-0.3, -0.25) is 4.74 Å². The van der Waals surface area contributed by atoms with Crippen LogP contribution >= 0.6 is 23.8 Å². The van der Waals surface area contributed by atoms with Crippen molar-refractivity contribution >= 4 is 34.9 Å². The molecule has 0 saturated carbocycles. The van der Waals surface area contributed by atoms with Crippen LogP contribution in [0.15, 0.2) is 11.1 Å². The summed E-state index contributed by atoms with van der Waals surface area (Å²) in [6.45, 7) is 0. The van der Waals surface area contributed by atoms with Crippen molar-refractivity contribution < 1.29 is 17.9 Å². The molecule has 2 unspecified atom stereocenters. The van der Waals surface area contributed by atoms with Crippen molar-refractivity contribution in [1.82, 2.24) is 0 Å². The summed E-state index contributed by atoms with van der Waals surface area (Å²) in [4.78, 5) is 0. The van der Waals surface area contributed by atoms with E-state index >= 15 is 0 Å². The molecule has 1 rings (SSSR count). The van der Waals surface area contributed by atoms with Crippen LogP contribution in [-0.2, 0) is 4.74 Å². The number of allylic oxidation sites excluding steroid dienone is 1. The van der Waals surface area contributed by atoms with Gasteiger partial charge in [-0.15, -0.1) is 13.2 Å². The Bertz CT molecular complexity index is 329. The van der Waals surface area contributed by atoms with Gasteiger partial charge in [-0.05, 0) is 12.8 Å². The fourth-order valence-electron chi connectivity index (χ4n) is 1.47. The van der Waals surface area contributed by atoms with Crippen LogP contribution in [0.5, 0.6) is 0 Å². The molecule has 90 valence electrons. The Kier molecular flexibility index (Phi) is 4.46. The fourth-order valence-corrected chi connectivity index (χ4v) is 1.88. The first-order valence-electron chi connectivity index (χ1n) is 4.47. The molecule has 0 aromatic carbocycles. The average Bonchev–Trinajstić information content (AvgIpc) is 2.18. The lowest BCUT2D eigenvalue weighted by molar-refractivity contribution is -0.338. The van der Waals surface area contributed by atoms with E-state index in [0.29, 0.717) is 6.42 Å². The molecular weight excluding hydrogens is 263 g/mol. The van der Waals surface area contributed by atoms with Gasteiger partial charge >= 0.3 is 6.36 Å². The van der Waals surface area contributed by atoms with Crippen molar-refractivity contribution in [3.8, 4) is 0 Å². The third-order valence-electron chi connectivity index (χ3n) is 2.25. The lowest BCUT2D eigenvalue weighted by Crippen LogP contribution is -2.31. The van der Waals surface area contributed by atoms with E-state index in [1.165, 1.54) is 6.08 Å². The fraction of sp³-hybridized carbons (Fsp3) is 0.556. The van der Waals surface area contributed by atoms with Gasteiger partial charge < -0.3 is 5.41 Å². The maximum Gasteiger partial charge on any atom is 0.523 e. The zero-order valence-electron chi connectivity index (χ0n) is 8.05. The molecule has 1 aliphatic carbocycles. The van der Waals surface area contributed by atoms with E-state index in [9.17, 15) is 13.2 Å². The molecular formula is C9H9ClF3NOS. The van der Waals surface area contributed by atoms with Crippen LogP contribution in [-0.4, -0.2) is 23.5 Å². The molecule has 0 bridgehead atoms. The second kappa shape index (κ2) is 5.25. The van der Waals surface area contributed by atoms with Crippen molar-refractivity contribution in [1.29, 1.82) is 5.41 Å². The minimum atomic E-state index is -4.72. The number of halogens is 4. The first kappa shape index (κ1) is 13.6. The van der Waals surface area contributed by atoms with E-state index in [-0.39, 0.29) is 23.1 Å². The minimum Gasteiger partial charge on any atom is -0.304 e. The van der Waals surface area contributed by atoms with Gasteiger partial charge in [0.15, 0.2) is 0 Å². The number of hydrogen-bond acceptors (Lipinski definition) is 3. The summed E-state index contributed by atoms with van der Waals surface area (Å²) in [6, 6.07) is 0. The van der Waals surface area contributed by atoms with Crippen LogP contribution in [0.2, 0.25) is 0 Å². The van der Waals surface area contributed by atoms with Crippen molar-refractivity contribution in [3.63, 3.8) is 0 Å². The topological polar surface area (TPSA) is 33.1 Å². The Hall–Kier alpha value is -0.460. The SMILES string of the molecule is N=C(C=S)C1CC=C(Cl)C(OC(F)(F)F)C1. The summed E-state index contributed by atoms with van der Waals surface area (Å²) in [7, 11) is 0. The van der Waals surface area contributed by atoms with Gasteiger partial charge in [-0.1, -0.05) is 29.9 Å². The number of rotatable bonds is 3. The van der Waals surface area contributed by atoms with Crippen LogP contribution in [0, 0.1) is 11.3 Å². The van der Waals surface area contributed by atoms with E-state index < -0.39 is 12.5 Å². The number of hydrogen-bond donors (Lipinski definition) is 1. The first-order valence-corrected chi connectivity index (χ1v) is 5.32. The molecule has 7 heteroatoms. The molecule has 0 aromatic heterocycles. The molecule has 0 spiro atoms. The second-order valence-electron chi connectivity index (χ2n) is 3.38. The molecule has 0 aliphatic heterocycles. The third-order valence-corrected chi connectivity index (χ3v) is 2.90. The van der Waals surface area contributed by atoms with Gasteiger partial charge in [-0.25, -0.2) is 0 Å². The normalized spacial score (nSPS) is 26.1. The zero-order valence-corrected chi connectivity index (χ0v) is 9.62. The Labute approximate surface area is 101 Å². The molecule has 16 heavy (non-hydrogen) atoms. The van der Waals surface area contributed by atoms with Crippen LogP contribution in [0.1, 0.15) is 12.8 Å². The summed E-state index contributed by atoms with van der Waals surface area (Å²) in [5.41, 5.74) is 0.131. The summed E-state index contributed by atoms with van der Waals surface area (Å²) >= 11 is 10.2. The predicted molar refractivity (Wildman–Crippen MR) is 59.0 cm³/mol. The number of alkyl halides is 3. The highest BCUT2D eigenvalue weighted by molar-refractivity contribution is 7.80. The highest BCUT2D eigenvalue weighted by Crippen LogP contribution is 2.33. The first-order chi connectivity index (χ1) is 7.33. The molecule has 0 radical (unpaired) electrons. The summed E-state index contributed by atoms with van der Waals surface area (Å²) < 4.78 is 40.0. The molecule has 0 saturated heterocycles. The molecule has 0 heterocycles. The summed E-state index contributed by atoms with van der Waals surface area (Å²) in [5.74, 6) is -0.354. The Morgan fingerprint density at radius 3 is 2.75 bits per heavy atom. The van der Waals surface area contributed by atoms with Gasteiger partial charge in [-0.2, -0.15) is 0 Å². The van der Waals surface area contributed by atoms with Gasteiger partial charge in [0, 0.05) is 22.0 Å². The Morgan fingerprint density at radius 1 is 1.62 bits per heavy atom. The molecule has 0 aromatic rings. The molecule has 1 N–H and O–H groups in total. The second-order valence-corrected chi connectivity index (χ2v) is 4.05. The third kappa shape index (κ3) is 3.84. The van der Waals surface area contributed by atoms with Crippen molar-refractivity contribution in [2.45, 2.75) is 25.3 Å². The van der Waals surface area contributed by atoms with Crippen LogP contribution in [0.4, 0.5) is 13.2 Å². The maximum absolute atomic E-state index is 12.0. The van der Waals surface area contributed by atoms with E-state index in [1.54, 1.807) is 0 Å². The van der Waals surface area contributed by atoms with Gasteiger partial charge in [0.2, 0.25) is 0 Å². The van der Waals surface area contributed by atoms with E-state index in [1.807, 2.05) is 0 Å². The van der Waals surface area contributed by atoms with Crippen LogP contribution in [0.25, 0.3) is 0 Å². The molecule has 0 fully saturated rings. The van der Waals surface area contributed by atoms with Gasteiger partial charge in [0.05, 0.1) is 0 Å². The quantitative estimate of drug-likeness (QED) is 0.630. The summed E-state index contributed by atoms with van der Waals surface area (Å²) in [5, 5.41) is 8.64. The van der Waals surface area contributed by atoms with Crippen molar-refractivity contribution in [3.05, 3.63) is 11.1 Å². The number of thiocarbonyl (C=S) groups is 1.